The highest BCUT2D eigenvalue weighted by atomic mass is 19.1. The quantitative estimate of drug-likeness (QED) is 0.200. The molecule has 0 aliphatic rings. The van der Waals surface area contributed by atoms with Crippen LogP contribution in [0.4, 0.5) is 21.7 Å². The lowest BCUT2D eigenvalue weighted by Gasteiger charge is -2.19. The van der Waals surface area contributed by atoms with Crippen LogP contribution in [0.15, 0.2) is 65.8 Å². The molecule has 0 saturated carbocycles. The number of hydrogen-bond acceptors (Lipinski definition) is 6. The molecule has 2 aromatic heterocycles. The maximum absolute atomic E-state index is 13.6. The van der Waals surface area contributed by atoms with Crippen molar-refractivity contribution in [2.45, 2.75) is 6.92 Å². The molecule has 0 atom stereocenters. The number of halogens is 1. The molecule has 4 rings (SSSR count). The summed E-state index contributed by atoms with van der Waals surface area (Å²) in [4.78, 5) is 18.5. The van der Waals surface area contributed by atoms with E-state index < -0.39 is 0 Å². The van der Waals surface area contributed by atoms with Crippen molar-refractivity contribution < 1.29 is 9.60 Å². The third-order valence-electron chi connectivity index (χ3n) is 5.07. The molecule has 32 heavy (non-hydrogen) atoms. The van der Waals surface area contributed by atoms with E-state index in [0.717, 1.165) is 12.2 Å². The maximum atomic E-state index is 13.6. The van der Waals surface area contributed by atoms with Gasteiger partial charge in [0, 0.05) is 37.6 Å². The molecule has 164 valence electrons. The molecule has 2 heterocycles. The lowest BCUT2D eigenvalue weighted by atomic mass is 10.2. The Morgan fingerprint density at radius 1 is 1.19 bits per heavy atom. The SMILES string of the molecule is Cc1cc(N=C(NO)c2ccnc3nc(NCCN(C)c4ccccc4)[nH]c23)ccc1F. The summed E-state index contributed by atoms with van der Waals surface area (Å²) < 4.78 is 13.6. The van der Waals surface area contributed by atoms with Crippen molar-refractivity contribution in [3.63, 3.8) is 0 Å². The topological polar surface area (TPSA) is 101 Å². The van der Waals surface area contributed by atoms with E-state index in [1.807, 2.05) is 25.2 Å². The molecule has 0 saturated heterocycles. The Morgan fingerprint density at radius 3 is 2.75 bits per heavy atom. The van der Waals surface area contributed by atoms with Gasteiger partial charge in [-0.15, -0.1) is 0 Å². The van der Waals surface area contributed by atoms with E-state index in [1.54, 1.807) is 31.3 Å². The van der Waals surface area contributed by atoms with E-state index in [9.17, 15) is 9.60 Å². The molecule has 0 unspecified atom stereocenters. The number of anilines is 2. The normalized spacial score (nSPS) is 11.6. The van der Waals surface area contributed by atoms with Gasteiger partial charge in [-0.3, -0.25) is 10.7 Å². The van der Waals surface area contributed by atoms with Crippen LogP contribution in [0, 0.1) is 12.7 Å². The molecule has 0 aliphatic heterocycles. The van der Waals surface area contributed by atoms with Gasteiger partial charge in [0.15, 0.2) is 11.5 Å². The van der Waals surface area contributed by atoms with Crippen molar-refractivity contribution >= 4 is 34.3 Å². The van der Waals surface area contributed by atoms with E-state index in [2.05, 4.69) is 47.8 Å². The Balaban J connectivity index is 1.53. The first kappa shape index (κ1) is 21.3. The number of nitrogens with zero attached hydrogens (tertiary/aromatic N) is 4. The van der Waals surface area contributed by atoms with Gasteiger partial charge in [-0.25, -0.2) is 14.4 Å². The molecule has 4 N–H and O–H groups in total. The number of hydroxylamine groups is 1. The van der Waals surface area contributed by atoms with E-state index in [-0.39, 0.29) is 11.7 Å². The number of H-pyrrole nitrogens is 1. The largest absolute Gasteiger partial charge is 0.373 e. The highest BCUT2D eigenvalue weighted by molar-refractivity contribution is 6.08. The van der Waals surface area contributed by atoms with Gasteiger partial charge in [-0.1, -0.05) is 18.2 Å². The third kappa shape index (κ3) is 4.68. The van der Waals surface area contributed by atoms with Crippen LogP contribution in [-0.4, -0.2) is 46.1 Å². The number of aliphatic imine (C=N–C) groups is 1. The average molecular weight is 433 g/mol. The third-order valence-corrected chi connectivity index (χ3v) is 5.07. The van der Waals surface area contributed by atoms with Crippen LogP contribution in [0.5, 0.6) is 0 Å². The van der Waals surface area contributed by atoms with Crippen LogP contribution >= 0.6 is 0 Å². The molecule has 0 bridgehead atoms. The van der Waals surface area contributed by atoms with Gasteiger partial charge in [-0.05, 0) is 48.9 Å². The molecule has 0 radical (unpaired) electrons. The smallest absolute Gasteiger partial charge is 0.202 e. The predicted octanol–water partition coefficient (Wildman–Crippen LogP) is 4.01. The molecule has 0 fully saturated rings. The van der Waals surface area contributed by atoms with Crippen molar-refractivity contribution in [3.8, 4) is 0 Å². The predicted molar refractivity (Wildman–Crippen MR) is 124 cm³/mol. The molecule has 8 nitrogen and oxygen atoms in total. The number of rotatable bonds is 7. The van der Waals surface area contributed by atoms with Crippen molar-refractivity contribution in [2.75, 3.05) is 30.4 Å². The van der Waals surface area contributed by atoms with Crippen LogP contribution in [0.3, 0.4) is 0 Å². The number of pyridine rings is 1. The van der Waals surface area contributed by atoms with E-state index >= 15 is 0 Å². The number of hydrogen-bond donors (Lipinski definition) is 4. The zero-order valence-electron chi connectivity index (χ0n) is 17.8. The van der Waals surface area contributed by atoms with Gasteiger partial charge in [0.1, 0.15) is 5.82 Å². The molecule has 4 aromatic rings. The highest BCUT2D eigenvalue weighted by Crippen LogP contribution is 2.21. The van der Waals surface area contributed by atoms with Crippen molar-refractivity contribution in [1.29, 1.82) is 0 Å². The zero-order chi connectivity index (χ0) is 22.5. The summed E-state index contributed by atoms with van der Waals surface area (Å²) in [5, 5.41) is 13.0. The molecule has 0 amide bonds. The standard InChI is InChI=1S/C23H24FN7O/c1-15-14-16(8-9-19(15)24)27-21(30-32)18-10-11-25-22-20(18)28-23(29-22)26-12-13-31(2)17-6-4-3-5-7-17/h3-11,14,32H,12-13H2,1-2H3,(H,27,30)(H2,25,26,28,29). The Labute approximate surface area is 184 Å². The minimum absolute atomic E-state index is 0.197. The van der Waals surface area contributed by atoms with Crippen molar-refractivity contribution in [1.82, 2.24) is 20.4 Å². The first-order valence-electron chi connectivity index (χ1n) is 10.2. The number of aromatic amines is 1. The lowest BCUT2D eigenvalue weighted by Crippen LogP contribution is -2.24. The van der Waals surface area contributed by atoms with Gasteiger partial charge < -0.3 is 15.2 Å². The fraction of sp³-hybridized carbons (Fsp3) is 0.174. The fourth-order valence-electron chi connectivity index (χ4n) is 3.32. The second-order valence-electron chi connectivity index (χ2n) is 7.33. The van der Waals surface area contributed by atoms with Crippen molar-refractivity contribution in [3.05, 3.63) is 77.7 Å². The summed E-state index contributed by atoms with van der Waals surface area (Å²) >= 11 is 0. The Morgan fingerprint density at radius 2 is 2.00 bits per heavy atom. The van der Waals surface area contributed by atoms with E-state index in [1.165, 1.54) is 6.07 Å². The van der Waals surface area contributed by atoms with Gasteiger partial charge >= 0.3 is 0 Å². The lowest BCUT2D eigenvalue weighted by molar-refractivity contribution is 0.235. The van der Waals surface area contributed by atoms with Gasteiger partial charge in [0.2, 0.25) is 5.95 Å². The average Bonchev–Trinajstić information content (AvgIpc) is 3.23. The number of imidazole rings is 1. The number of aryl methyl sites for hydroxylation is 1. The fourth-order valence-corrected chi connectivity index (χ4v) is 3.32. The molecule has 0 aliphatic carbocycles. The number of fused-ring (bicyclic) bond motifs is 1. The Bertz CT molecular complexity index is 1240. The summed E-state index contributed by atoms with van der Waals surface area (Å²) in [6.45, 7) is 3.10. The molecule has 9 heteroatoms. The van der Waals surface area contributed by atoms with Gasteiger partial charge in [-0.2, -0.15) is 4.98 Å². The summed E-state index contributed by atoms with van der Waals surface area (Å²) in [7, 11) is 2.03. The van der Waals surface area contributed by atoms with Crippen LogP contribution in [0.25, 0.3) is 11.2 Å². The maximum Gasteiger partial charge on any atom is 0.202 e. The second kappa shape index (κ2) is 9.44. The van der Waals surface area contributed by atoms with E-state index in [4.69, 9.17) is 0 Å². The van der Waals surface area contributed by atoms with Crippen LogP contribution in [-0.2, 0) is 0 Å². The molecule has 0 spiro atoms. The number of aromatic nitrogens is 3. The highest BCUT2D eigenvalue weighted by Gasteiger charge is 2.13. The minimum Gasteiger partial charge on any atom is -0.373 e. The Hall–Kier alpha value is -3.98. The van der Waals surface area contributed by atoms with Gasteiger partial charge in [0.05, 0.1) is 11.2 Å². The second-order valence-corrected chi connectivity index (χ2v) is 7.33. The summed E-state index contributed by atoms with van der Waals surface area (Å²) in [6, 6.07) is 16.3. The minimum atomic E-state index is -0.309. The Kier molecular flexibility index (Phi) is 6.27. The van der Waals surface area contributed by atoms with Gasteiger partial charge in [0.25, 0.3) is 0 Å². The molecular weight excluding hydrogens is 409 g/mol. The van der Waals surface area contributed by atoms with E-state index in [0.29, 0.717) is 40.5 Å². The summed E-state index contributed by atoms with van der Waals surface area (Å²) in [6.07, 6.45) is 1.59. The number of benzene rings is 2. The van der Waals surface area contributed by atoms with Crippen LogP contribution in [0.2, 0.25) is 0 Å². The summed E-state index contributed by atoms with van der Waals surface area (Å²) in [5.41, 5.74) is 5.93. The first-order chi connectivity index (χ1) is 15.5. The van der Waals surface area contributed by atoms with Crippen LogP contribution in [0.1, 0.15) is 11.1 Å². The summed E-state index contributed by atoms with van der Waals surface area (Å²) in [5.74, 6) is 0.453. The number of likely N-dealkylation sites (N-methyl/N-ethyl adjacent to an activating group) is 1. The molecule has 2 aromatic carbocycles. The molecular formula is C23H24FN7O. The first-order valence-corrected chi connectivity index (χ1v) is 10.2. The monoisotopic (exact) mass is 433 g/mol. The number of amidine groups is 1. The van der Waals surface area contributed by atoms with Crippen molar-refractivity contribution in [2.24, 2.45) is 4.99 Å². The number of para-hydroxylation sites is 1. The number of nitrogens with one attached hydrogen (secondary N) is 3. The van der Waals surface area contributed by atoms with Crippen LogP contribution < -0.4 is 15.7 Å². The zero-order valence-corrected chi connectivity index (χ0v) is 17.8.